The summed E-state index contributed by atoms with van der Waals surface area (Å²) in [5.74, 6) is 0.127. The van der Waals surface area contributed by atoms with Crippen molar-refractivity contribution in [2.24, 2.45) is 0 Å². The number of carbonyl (C=O) groups is 2. The number of esters is 1. The summed E-state index contributed by atoms with van der Waals surface area (Å²) in [7, 11) is 0. The Bertz CT molecular complexity index is 953. The summed E-state index contributed by atoms with van der Waals surface area (Å²) in [6.45, 7) is 8.68. The number of benzene rings is 2. The van der Waals surface area contributed by atoms with Gasteiger partial charge in [0.1, 0.15) is 11.3 Å². The van der Waals surface area contributed by atoms with E-state index in [0.717, 1.165) is 25.1 Å². The summed E-state index contributed by atoms with van der Waals surface area (Å²) in [6.07, 6.45) is 5.50. The zero-order chi connectivity index (χ0) is 24.3. The predicted molar refractivity (Wildman–Crippen MR) is 136 cm³/mol. The number of aryl methyl sites for hydroxylation is 1. The third-order valence-corrected chi connectivity index (χ3v) is 6.23. The smallest absolute Gasteiger partial charge is 0.341 e. The lowest BCUT2D eigenvalue weighted by atomic mass is 9.99. The van der Waals surface area contributed by atoms with Crippen LogP contribution >= 0.6 is 0 Å². The van der Waals surface area contributed by atoms with Crippen LogP contribution in [0.5, 0.6) is 5.75 Å². The van der Waals surface area contributed by atoms with E-state index in [2.05, 4.69) is 41.4 Å². The summed E-state index contributed by atoms with van der Waals surface area (Å²) in [5.41, 5.74) is 3.80. The normalized spacial score (nSPS) is 14.4. The van der Waals surface area contributed by atoms with Gasteiger partial charge < -0.3 is 19.7 Å². The zero-order valence-electron chi connectivity index (χ0n) is 20.8. The summed E-state index contributed by atoms with van der Waals surface area (Å²) in [4.78, 5) is 27.5. The number of rotatable bonds is 11. The first-order chi connectivity index (χ1) is 16.6. The second kappa shape index (κ2) is 13.0. The highest BCUT2D eigenvalue weighted by Crippen LogP contribution is 2.30. The first kappa shape index (κ1) is 25.6. The summed E-state index contributed by atoms with van der Waals surface area (Å²) in [6, 6.07) is 13.9. The van der Waals surface area contributed by atoms with Crippen LogP contribution in [0.2, 0.25) is 0 Å². The fourth-order valence-electron chi connectivity index (χ4n) is 4.50. The Morgan fingerprint density at radius 2 is 1.76 bits per heavy atom. The Balaban J connectivity index is 1.65. The quantitative estimate of drug-likeness (QED) is 0.446. The van der Waals surface area contributed by atoms with Gasteiger partial charge in [0.15, 0.2) is 0 Å². The number of piperidine rings is 1. The van der Waals surface area contributed by atoms with E-state index in [-0.39, 0.29) is 11.9 Å². The molecule has 0 radical (unpaired) electrons. The molecule has 1 unspecified atom stereocenters. The number of hydrogen-bond donors (Lipinski definition) is 1. The minimum Gasteiger partial charge on any atom is -0.493 e. The van der Waals surface area contributed by atoms with Crippen LogP contribution in [0.1, 0.15) is 80.4 Å². The molecule has 1 heterocycles. The van der Waals surface area contributed by atoms with Crippen LogP contribution in [0.4, 0.5) is 5.69 Å². The standard InChI is InChI=1S/C28H38N2O4/c1-4-24(22-12-8-9-13-25(22)30-18-10-7-11-19-30)29-27(31)17-15-21-14-16-23(28(32)34-6-3)26(20-21)33-5-2/h8-9,12-14,16,20,24H,4-7,10-11,15,17-19H2,1-3H3,(H,29,31). The second-order valence-electron chi connectivity index (χ2n) is 8.62. The molecule has 0 aliphatic carbocycles. The van der Waals surface area contributed by atoms with Gasteiger partial charge in [-0.1, -0.05) is 31.2 Å². The van der Waals surface area contributed by atoms with Crippen molar-refractivity contribution in [3.8, 4) is 5.75 Å². The monoisotopic (exact) mass is 466 g/mol. The Morgan fingerprint density at radius 1 is 1.00 bits per heavy atom. The molecule has 0 saturated carbocycles. The molecule has 1 atom stereocenters. The molecule has 1 amide bonds. The second-order valence-corrected chi connectivity index (χ2v) is 8.62. The van der Waals surface area contributed by atoms with Gasteiger partial charge in [0.25, 0.3) is 0 Å². The van der Waals surface area contributed by atoms with Crippen molar-refractivity contribution >= 4 is 17.6 Å². The van der Waals surface area contributed by atoms with E-state index in [1.165, 1.54) is 30.5 Å². The number of anilines is 1. The lowest BCUT2D eigenvalue weighted by Gasteiger charge is -2.32. The van der Waals surface area contributed by atoms with E-state index in [4.69, 9.17) is 9.47 Å². The van der Waals surface area contributed by atoms with Gasteiger partial charge in [-0.15, -0.1) is 0 Å². The van der Waals surface area contributed by atoms with Crippen LogP contribution in [-0.4, -0.2) is 38.2 Å². The van der Waals surface area contributed by atoms with Gasteiger partial charge in [-0.2, -0.15) is 0 Å². The molecule has 184 valence electrons. The van der Waals surface area contributed by atoms with Crippen molar-refractivity contribution in [1.29, 1.82) is 0 Å². The number of hydrogen-bond acceptors (Lipinski definition) is 5. The van der Waals surface area contributed by atoms with Crippen LogP contribution < -0.4 is 15.0 Å². The molecule has 1 aliphatic rings. The van der Waals surface area contributed by atoms with Crippen molar-refractivity contribution in [1.82, 2.24) is 5.32 Å². The molecule has 3 rings (SSSR count). The molecule has 2 aromatic carbocycles. The molecule has 1 aliphatic heterocycles. The highest BCUT2D eigenvalue weighted by molar-refractivity contribution is 5.92. The Kier molecular flexibility index (Phi) is 9.80. The molecule has 0 aromatic heterocycles. The third kappa shape index (κ3) is 6.75. The van der Waals surface area contributed by atoms with Crippen LogP contribution in [0.15, 0.2) is 42.5 Å². The lowest BCUT2D eigenvalue weighted by Crippen LogP contribution is -2.33. The van der Waals surface area contributed by atoms with Crippen LogP contribution in [0.3, 0.4) is 0 Å². The highest BCUT2D eigenvalue weighted by Gasteiger charge is 2.21. The van der Waals surface area contributed by atoms with E-state index in [9.17, 15) is 9.59 Å². The molecule has 2 aromatic rings. The van der Waals surface area contributed by atoms with E-state index in [1.807, 2.05) is 19.1 Å². The summed E-state index contributed by atoms with van der Waals surface area (Å²) >= 11 is 0. The molecular weight excluding hydrogens is 428 g/mol. The van der Waals surface area contributed by atoms with Crippen LogP contribution in [0.25, 0.3) is 0 Å². The molecule has 1 fully saturated rings. The fraction of sp³-hybridized carbons (Fsp3) is 0.500. The number of amides is 1. The topological polar surface area (TPSA) is 67.9 Å². The maximum absolute atomic E-state index is 12.9. The maximum atomic E-state index is 12.9. The molecule has 6 nitrogen and oxygen atoms in total. The molecule has 34 heavy (non-hydrogen) atoms. The molecule has 1 saturated heterocycles. The van der Waals surface area contributed by atoms with Gasteiger partial charge in [0.2, 0.25) is 5.91 Å². The first-order valence-electron chi connectivity index (χ1n) is 12.6. The number of para-hydroxylation sites is 1. The van der Waals surface area contributed by atoms with Crippen molar-refractivity contribution < 1.29 is 19.1 Å². The number of nitrogens with one attached hydrogen (secondary N) is 1. The number of carbonyl (C=O) groups excluding carboxylic acids is 2. The van der Waals surface area contributed by atoms with E-state index >= 15 is 0 Å². The minimum absolute atomic E-state index is 0.0178. The molecule has 6 heteroatoms. The summed E-state index contributed by atoms with van der Waals surface area (Å²) in [5, 5.41) is 3.25. The lowest BCUT2D eigenvalue weighted by molar-refractivity contribution is -0.121. The Labute approximate surface area is 203 Å². The first-order valence-corrected chi connectivity index (χ1v) is 12.6. The van der Waals surface area contributed by atoms with Gasteiger partial charge in [0, 0.05) is 25.2 Å². The molecular formula is C28H38N2O4. The van der Waals surface area contributed by atoms with Gasteiger partial charge in [0.05, 0.1) is 19.3 Å². The van der Waals surface area contributed by atoms with Crippen LogP contribution in [-0.2, 0) is 16.0 Å². The number of ether oxygens (including phenoxy) is 2. The molecule has 0 spiro atoms. The van der Waals surface area contributed by atoms with Crippen molar-refractivity contribution in [2.75, 3.05) is 31.2 Å². The average Bonchev–Trinajstić information content (AvgIpc) is 2.87. The van der Waals surface area contributed by atoms with E-state index in [1.54, 1.807) is 13.0 Å². The fourth-order valence-corrected chi connectivity index (χ4v) is 4.50. The summed E-state index contributed by atoms with van der Waals surface area (Å²) < 4.78 is 10.8. The molecule has 0 bridgehead atoms. The molecule has 1 N–H and O–H groups in total. The van der Waals surface area contributed by atoms with Gasteiger partial charge >= 0.3 is 5.97 Å². The average molecular weight is 467 g/mol. The van der Waals surface area contributed by atoms with Gasteiger partial charge in [-0.25, -0.2) is 4.79 Å². The Hall–Kier alpha value is -3.02. The van der Waals surface area contributed by atoms with Crippen molar-refractivity contribution in [3.05, 3.63) is 59.2 Å². The minimum atomic E-state index is -0.395. The predicted octanol–water partition coefficient (Wildman–Crippen LogP) is 5.45. The largest absolute Gasteiger partial charge is 0.493 e. The van der Waals surface area contributed by atoms with E-state index < -0.39 is 5.97 Å². The van der Waals surface area contributed by atoms with E-state index in [0.29, 0.717) is 37.4 Å². The highest BCUT2D eigenvalue weighted by atomic mass is 16.5. The van der Waals surface area contributed by atoms with Gasteiger partial charge in [-0.05, 0) is 75.3 Å². The van der Waals surface area contributed by atoms with Crippen LogP contribution in [0, 0.1) is 0 Å². The van der Waals surface area contributed by atoms with Crippen molar-refractivity contribution in [3.63, 3.8) is 0 Å². The SMILES string of the molecule is CCOC(=O)c1ccc(CCC(=O)NC(CC)c2ccccc2N2CCCCC2)cc1OCC. The van der Waals surface area contributed by atoms with Gasteiger partial charge in [-0.3, -0.25) is 4.79 Å². The number of nitrogens with zero attached hydrogens (tertiary/aromatic N) is 1. The van der Waals surface area contributed by atoms with Crippen molar-refractivity contribution in [2.45, 2.75) is 65.3 Å². The Morgan fingerprint density at radius 3 is 2.47 bits per heavy atom. The zero-order valence-corrected chi connectivity index (χ0v) is 20.8. The maximum Gasteiger partial charge on any atom is 0.341 e. The third-order valence-electron chi connectivity index (χ3n) is 6.23.